The molecule has 216 valence electrons. The van der Waals surface area contributed by atoms with Crippen molar-refractivity contribution in [3.8, 4) is 34.1 Å². The number of hydrogen-bond acceptors (Lipinski definition) is 10. The quantitative estimate of drug-likeness (QED) is 0.117. The summed E-state index contributed by atoms with van der Waals surface area (Å²) in [7, 11) is 2.67. The monoisotopic (exact) mass is 546 g/mol. The number of rotatable bonds is 14. The third-order valence-electron chi connectivity index (χ3n) is 6.71. The van der Waals surface area contributed by atoms with E-state index in [1.165, 1.54) is 26.4 Å². The Hall–Kier alpha value is -3.90. The molecule has 0 saturated carbocycles. The van der Waals surface area contributed by atoms with Gasteiger partial charge in [0.05, 0.1) is 54.5 Å². The molecule has 0 aliphatic rings. The fourth-order valence-electron chi connectivity index (χ4n) is 4.28. The number of amides is 2. The van der Waals surface area contributed by atoms with E-state index in [-0.39, 0.29) is 51.8 Å². The molecule has 0 spiro atoms. The molecule has 2 rings (SSSR count). The van der Waals surface area contributed by atoms with Crippen LogP contribution in [0.25, 0.3) is 11.1 Å². The van der Waals surface area contributed by atoms with Crippen LogP contribution in [0, 0.1) is 0 Å². The van der Waals surface area contributed by atoms with Gasteiger partial charge in [-0.15, -0.1) is 0 Å². The van der Waals surface area contributed by atoms with E-state index in [9.17, 15) is 19.8 Å². The lowest BCUT2D eigenvalue weighted by atomic mass is 9.93. The highest BCUT2D eigenvalue weighted by Gasteiger charge is 2.30. The number of nitrogens with two attached hydrogens (primary N) is 2. The van der Waals surface area contributed by atoms with Gasteiger partial charge in [0.15, 0.2) is 0 Å². The number of nitrogens with zero attached hydrogens (tertiary/aromatic N) is 2. The summed E-state index contributed by atoms with van der Waals surface area (Å²) in [4.78, 5) is 30.5. The van der Waals surface area contributed by atoms with Crippen molar-refractivity contribution in [1.82, 2.24) is 20.4 Å². The Balaban J connectivity index is 2.67. The summed E-state index contributed by atoms with van der Waals surface area (Å²) in [6.45, 7) is 12.4. The van der Waals surface area contributed by atoms with Gasteiger partial charge in [-0.2, -0.15) is 0 Å². The van der Waals surface area contributed by atoms with E-state index < -0.39 is 23.3 Å². The summed E-state index contributed by atoms with van der Waals surface area (Å²) in [5.41, 5.74) is 12.2. The standard InChI is InChI=1S/C27H42N6O6/c1-7-32(8-2)12-11-30-26(36)16-13-18(34)22(28)20(24(16)38-5)21-23(29)19(35)14-17(25(21)39-6)27(37)31-15-33(9-3)10-4/h13-14,34-35H,7-12,15,28-29H2,1-6H3,(H,30,36)(H,31,37). The first kappa shape index (κ1) is 31.3. The molecule has 8 N–H and O–H groups in total. The molecule has 12 heteroatoms. The van der Waals surface area contributed by atoms with Crippen molar-refractivity contribution in [3.05, 3.63) is 23.3 Å². The zero-order valence-electron chi connectivity index (χ0n) is 23.7. The highest BCUT2D eigenvalue weighted by atomic mass is 16.5. The van der Waals surface area contributed by atoms with Crippen molar-refractivity contribution < 1.29 is 29.3 Å². The molecular weight excluding hydrogens is 504 g/mol. The van der Waals surface area contributed by atoms with Crippen LogP contribution in [0.15, 0.2) is 12.1 Å². The van der Waals surface area contributed by atoms with E-state index in [0.717, 1.165) is 26.2 Å². The Labute approximate surface area is 229 Å². The van der Waals surface area contributed by atoms with Gasteiger partial charge in [0.2, 0.25) is 0 Å². The summed E-state index contributed by atoms with van der Waals surface area (Å²) >= 11 is 0. The number of methoxy groups -OCH3 is 2. The van der Waals surface area contributed by atoms with Gasteiger partial charge >= 0.3 is 0 Å². The van der Waals surface area contributed by atoms with Crippen LogP contribution in [0.4, 0.5) is 11.4 Å². The maximum absolute atomic E-state index is 13.2. The van der Waals surface area contributed by atoms with Gasteiger partial charge < -0.3 is 46.7 Å². The summed E-state index contributed by atoms with van der Waals surface area (Å²) in [6.07, 6.45) is 0. The van der Waals surface area contributed by atoms with Crippen LogP contribution < -0.4 is 31.6 Å². The second-order valence-electron chi connectivity index (χ2n) is 8.78. The number of phenols is 2. The molecule has 0 aliphatic carbocycles. The van der Waals surface area contributed by atoms with Gasteiger partial charge in [0.1, 0.15) is 23.0 Å². The van der Waals surface area contributed by atoms with Crippen LogP contribution in [-0.2, 0) is 0 Å². The van der Waals surface area contributed by atoms with E-state index in [1.54, 1.807) is 0 Å². The molecule has 2 aromatic carbocycles. The first-order chi connectivity index (χ1) is 18.6. The summed E-state index contributed by atoms with van der Waals surface area (Å²) < 4.78 is 11.2. The van der Waals surface area contributed by atoms with Crippen molar-refractivity contribution in [2.75, 3.05) is 71.6 Å². The van der Waals surface area contributed by atoms with E-state index in [4.69, 9.17) is 20.9 Å². The van der Waals surface area contributed by atoms with Crippen LogP contribution in [0.5, 0.6) is 23.0 Å². The number of phenolic OH excluding ortho intramolecular Hbond substituents is 2. The molecule has 39 heavy (non-hydrogen) atoms. The molecule has 0 heterocycles. The van der Waals surface area contributed by atoms with Gasteiger partial charge in [-0.25, -0.2) is 0 Å². The Morgan fingerprint density at radius 1 is 0.769 bits per heavy atom. The van der Waals surface area contributed by atoms with Crippen LogP contribution in [0.1, 0.15) is 48.4 Å². The number of nitrogens with one attached hydrogen (secondary N) is 2. The molecule has 0 saturated heterocycles. The highest BCUT2D eigenvalue weighted by Crippen LogP contribution is 2.51. The number of carbonyl (C=O) groups excluding carboxylic acids is 2. The van der Waals surface area contributed by atoms with Crippen molar-refractivity contribution in [2.24, 2.45) is 0 Å². The highest BCUT2D eigenvalue weighted by molar-refractivity contribution is 6.08. The number of aromatic hydroxyl groups is 2. The Kier molecular flexibility index (Phi) is 11.5. The lowest BCUT2D eigenvalue weighted by Crippen LogP contribution is -2.37. The molecule has 0 unspecified atom stereocenters. The Morgan fingerprint density at radius 2 is 1.18 bits per heavy atom. The average Bonchev–Trinajstić information content (AvgIpc) is 2.93. The average molecular weight is 547 g/mol. The van der Waals surface area contributed by atoms with Gasteiger partial charge in [-0.3, -0.25) is 14.5 Å². The second-order valence-corrected chi connectivity index (χ2v) is 8.78. The van der Waals surface area contributed by atoms with Gasteiger partial charge in [0.25, 0.3) is 11.8 Å². The summed E-state index contributed by atoms with van der Waals surface area (Å²) in [5, 5.41) is 27.0. The van der Waals surface area contributed by atoms with E-state index in [0.29, 0.717) is 13.1 Å². The number of likely N-dealkylation sites (N-methyl/N-ethyl adjacent to an activating group) is 1. The minimum absolute atomic E-state index is 0.00363. The maximum Gasteiger partial charge on any atom is 0.256 e. The van der Waals surface area contributed by atoms with Gasteiger partial charge in [-0.1, -0.05) is 27.7 Å². The zero-order valence-corrected chi connectivity index (χ0v) is 23.7. The molecule has 2 aromatic rings. The number of benzene rings is 2. The zero-order chi connectivity index (χ0) is 29.3. The fraction of sp³-hybridized carbons (Fsp3) is 0.481. The predicted molar refractivity (Wildman–Crippen MR) is 153 cm³/mol. The predicted octanol–water partition coefficient (Wildman–Crippen LogP) is 2.05. The number of ether oxygens (including phenoxy) is 2. The maximum atomic E-state index is 13.2. The fourth-order valence-corrected chi connectivity index (χ4v) is 4.28. The minimum atomic E-state index is -0.526. The topological polar surface area (TPSA) is 176 Å². The smallest absolute Gasteiger partial charge is 0.256 e. The number of nitrogen functional groups attached to an aromatic ring is 2. The Morgan fingerprint density at radius 3 is 1.56 bits per heavy atom. The minimum Gasteiger partial charge on any atom is -0.506 e. The van der Waals surface area contributed by atoms with Gasteiger partial charge in [-0.05, 0) is 38.3 Å². The number of hydrogen-bond donors (Lipinski definition) is 6. The molecule has 0 fully saturated rings. The molecular formula is C27H42N6O6. The second kappa shape index (κ2) is 14.3. The Bertz CT molecular complexity index is 1160. The molecule has 12 nitrogen and oxygen atoms in total. The largest absolute Gasteiger partial charge is 0.506 e. The lowest BCUT2D eigenvalue weighted by molar-refractivity contribution is 0.0920. The normalized spacial score (nSPS) is 11.1. The third-order valence-corrected chi connectivity index (χ3v) is 6.71. The number of carbonyl (C=O) groups is 2. The van der Waals surface area contributed by atoms with Crippen LogP contribution in [0.3, 0.4) is 0 Å². The van der Waals surface area contributed by atoms with Crippen molar-refractivity contribution in [1.29, 1.82) is 0 Å². The van der Waals surface area contributed by atoms with Crippen molar-refractivity contribution in [3.63, 3.8) is 0 Å². The molecule has 0 bridgehead atoms. The van der Waals surface area contributed by atoms with E-state index >= 15 is 0 Å². The van der Waals surface area contributed by atoms with Crippen LogP contribution in [-0.4, -0.2) is 92.0 Å². The van der Waals surface area contributed by atoms with Gasteiger partial charge in [0, 0.05) is 13.1 Å². The SMILES string of the molecule is CCN(CC)CCNC(=O)c1cc(O)c(N)c(-c2c(N)c(O)cc(C(=O)NCN(CC)CC)c2OC)c1OC. The molecule has 2 amide bonds. The molecule has 0 aliphatic heterocycles. The molecule has 0 radical (unpaired) electrons. The van der Waals surface area contributed by atoms with E-state index in [1.807, 2.05) is 32.6 Å². The lowest BCUT2D eigenvalue weighted by Gasteiger charge is -2.23. The molecule has 0 atom stereocenters. The summed E-state index contributed by atoms with van der Waals surface area (Å²) in [6, 6.07) is 2.40. The first-order valence-corrected chi connectivity index (χ1v) is 13.0. The van der Waals surface area contributed by atoms with Crippen molar-refractivity contribution >= 4 is 23.2 Å². The van der Waals surface area contributed by atoms with Crippen molar-refractivity contribution in [2.45, 2.75) is 27.7 Å². The molecule has 0 aromatic heterocycles. The number of anilines is 2. The van der Waals surface area contributed by atoms with Crippen LogP contribution in [0.2, 0.25) is 0 Å². The third kappa shape index (κ3) is 6.95. The van der Waals surface area contributed by atoms with Crippen LogP contribution >= 0.6 is 0 Å². The first-order valence-electron chi connectivity index (χ1n) is 13.0. The van der Waals surface area contributed by atoms with E-state index in [2.05, 4.69) is 15.5 Å². The summed E-state index contributed by atoms with van der Waals surface area (Å²) in [5.74, 6) is -1.86.